The fourth-order valence-electron chi connectivity index (χ4n) is 5.33. The number of nitrogens with two attached hydrogens (primary N) is 3. The number of H-pyrrole nitrogens is 1. The molecule has 0 aliphatic carbocycles. The Morgan fingerprint density at radius 2 is 1.31 bits per heavy atom. The van der Waals surface area contributed by atoms with Gasteiger partial charge >= 0.3 is 5.97 Å². The molecule has 4 atom stereocenters. The Kier molecular flexibility index (Phi) is 12.7. The number of phenolic OH excluding ortho intramolecular Hbond substituents is 1. The molecule has 0 aliphatic rings. The third-order valence-corrected chi connectivity index (χ3v) is 7.94. The number of carboxylic acids is 1. The number of carbonyl (C=O) groups is 4. The number of nitrogens with zero attached hydrogens (tertiary/aromatic N) is 1. The van der Waals surface area contributed by atoms with Crippen molar-refractivity contribution in [3.8, 4) is 5.75 Å². The molecule has 14 nitrogen and oxygen atoms in total. The maximum Gasteiger partial charge on any atom is 0.326 e. The number of aliphatic imine (C=N–C) groups is 1. The van der Waals surface area contributed by atoms with Crippen molar-refractivity contribution in [3.05, 3.63) is 102 Å². The number of para-hydroxylation sites is 1. The van der Waals surface area contributed by atoms with Gasteiger partial charge in [-0.1, -0.05) is 60.7 Å². The molecule has 14 heteroatoms. The summed E-state index contributed by atoms with van der Waals surface area (Å²) in [4.78, 5) is 60.1. The van der Waals surface area contributed by atoms with Crippen LogP contribution in [-0.4, -0.2) is 75.6 Å². The Labute approximate surface area is 283 Å². The number of aromatic amines is 1. The first-order valence-corrected chi connectivity index (χ1v) is 15.8. The van der Waals surface area contributed by atoms with E-state index in [0.717, 1.165) is 16.5 Å². The van der Waals surface area contributed by atoms with Gasteiger partial charge in [-0.2, -0.15) is 0 Å². The van der Waals surface area contributed by atoms with Crippen LogP contribution in [0.3, 0.4) is 0 Å². The van der Waals surface area contributed by atoms with Crippen LogP contribution in [-0.2, 0) is 38.4 Å². The van der Waals surface area contributed by atoms with E-state index in [2.05, 4.69) is 25.9 Å². The van der Waals surface area contributed by atoms with E-state index >= 15 is 0 Å². The normalized spacial score (nSPS) is 13.4. The second-order valence-electron chi connectivity index (χ2n) is 11.7. The predicted octanol–water partition coefficient (Wildman–Crippen LogP) is 0.821. The van der Waals surface area contributed by atoms with Gasteiger partial charge in [0.2, 0.25) is 17.7 Å². The van der Waals surface area contributed by atoms with Crippen LogP contribution in [0.15, 0.2) is 90.1 Å². The van der Waals surface area contributed by atoms with Gasteiger partial charge in [-0.25, -0.2) is 4.79 Å². The number of carbonyl (C=O) groups excluding carboxylic acids is 3. The fraction of sp³-hybridized carbons (Fsp3) is 0.286. The van der Waals surface area contributed by atoms with Crippen molar-refractivity contribution in [2.75, 3.05) is 6.54 Å². The molecule has 3 amide bonds. The van der Waals surface area contributed by atoms with E-state index in [9.17, 15) is 29.4 Å². The number of hydrogen-bond donors (Lipinski definition) is 9. The number of hydrogen-bond acceptors (Lipinski definition) is 7. The molecule has 0 saturated heterocycles. The Hall–Kier alpha value is -5.89. The largest absolute Gasteiger partial charge is 0.508 e. The van der Waals surface area contributed by atoms with Crippen molar-refractivity contribution >= 4 is 40.6 Å². The van der Waals surface area contributed by atoms with Gasteiger partial charge in [0.1, 0.15) is 23.9 Å². The number of guanidine groups is 1. The fourth-order valence-corrected chi connectivity index (χ4v) is 5.33. The lowest BCUT2D eigenvalue weighted by Crippen LogP contribution is -2.58. The van der Waals surface area contributed by atoms with Crippen LogP contribution in [0.4, 0.5) is 0 Å². The van der Waals surface area contributed by atoms with Crippen LogP contribution in [0.2, 0.25) is 0 Å². The van der Waals surface area contributed by atoms with E-state index in [1.54, 1.807) is 42.6 Å². The molecular formula is C35H42N8O6. The predicted molar refractivity (Wildman–Crippen MR) is 185 cm³/mol. The molecule has 0 bridgehead atoms. The highest BCUT2D eigenvalue weighted by Gasteiger charge is 2.31. The molecule has 0 spiro atoms. The summed E-state index contributed by atoms with van der Waals surface area (Å²) in [7, 11) is 0. The zero-order valence-electron chi connectivity index (χ0n) is 26.8. The number of benzene rings is 3. The number of rotatable bonds is 17. The van der Waals surface area contributed by atoms with Crippen molar-refractivity contribution in [2.24, 2.45) is 22.2 Å². The van der Waals surface area contributed by atoms with E-state index in [0.29, 0.717) is 17.5 Å². The number of carboxylic acid groups (broad SMARTS) is 1. The van der Waals surface area contributed by atoms with E-state index in [-0.39, 0.29) is 43.9 Å². The Balaban J connectivity index is 1.54. The molecule has 4 rings (SSSR count). The Morgan fingerprint density at radius 3 is 1.94 bits per heavy atom. The maximum absolute atomic E-state index is 13.9. The van der Waals surface area contributed by atoms with Crippen LogP contribution in [0.25, 0.3) is 10.9 Å². The highest BCUT2D eigenvalue weighted by molar-refractivity contribution is 5.94. The summed E-state index contributed by atoms with van der Waals surface area (Å²) in [5.74, 6) is -3.31. The minimum Gasteiger partial charge on any atom is -0.508 e. The SMILES string of the molecule is NC(N)=NCCCC(N)C(=O)NC(Cc1ccccc1)C(=O)NC(Cc1ccc(O)cc1)C(=O)NC(Cc1c[nH]c2ccccc12)C(=O)O. The lowest BCUT2D eigenvalue weighted by atomic mass is 10.0. The van der Waals surface area contributed by atoms with Crippen molar-refractivity contribution < 1.29 is 29.4 Å². The van der Waals surface area contributed by atoms with E-state index in [1.807, 2.05) is 30.3 Å². The number of phenols is 1. The molecule has 4 unspecified atom stereocenters. The molecule has 1 aromatic heterocycles. The number of amides is 3. The number of aromatic nitrogens is 1. The van der Waals surface area contributed by atoms with Crippen molar-refractivity contribution in [2.45, 2.75) is 56.3 Å². The third kappa shape index (κ3) is 10.8. The van der Waals surface area contributed by atoms with Crippen molar-refractivity contribution in [1.29, 1.82) is 0 Å². The highest BCUT2D eigenvalue weighted by Crippen LogP contribution is 2.19. The van der Waals surface area contributed by atoms with Gasteiger partial charge in [0.25, 0.3) is 0 Å². The molecule has 1 heterocycles. The number of aliphatic carboxylic acids is 1. The molecule has 3 aromatic carbocycles. The van der Waals surface area contributed by atoms with Gasteiger partial charge in [-0.05, 0) is 47.7 Å². The molecule has 0 fully saturated rings. The Morgan fingerprint density at radius 1 is 0.735 bits per heavy atom. The first-order valence-electron chi connectivity index (χ1n) is 15.8. The molecule has 4 aromatic rings. The molecule has 0 aliphatic heterocycles. The summed E-state index contributed by atoms with van der Waals surface area (Å²) in [6.45, 7) is 0.281. The first kappa shape index (κ1) is 36.0. The third-order valence-electron chi connectivity index (χ3n) is 7.94. The summed E-state index contributed by atoms with van der Waals surface area (Å²) in [5.41, 5.74) is 19.7. The smallest absolute Gasteiger partial charge is 0.326 e. The number of nitrogens with one attached hydrogen (secondary N) is 4. The van der Waals surface area contributed by atoms with Crippen LogP contribution < -0.4 is 33.2 Å². The van der Waals surface area contributed by atoms with Crippen LogP contribution in [0.5, 0.6) is 5.75 Å². The standard InChI is InChI=1S/C35H42N8O6/c36-26(10-6-16-39-35(37)38)31(45)41-28(17-21-7-2-1-3-8-21)32(46)42-29(18-22-12-14-24(44)15-13-22)33(47)43-30(34(48)49)19-23-20-40-27-11-5-4-9-25(23)27/h1-5,7-9,11-15,20,26,28-30,40,44H,6,10,16-19,36H2,(H,41,45)(H,42,46)(H,43,47)(H,48,49)(H4,37,38,39). The zero-order valence-corrected chi connectivity index (χ0v) is 26.8. The summed E-state index contributed by atoms with van der Waals surface area (Å²) >= 11 is 0. The first-order chi connectivity index (χ1) is 23.5. The quantitative estimate of drug-likeness (QED) is 0.0437. The van der Waals surface area contributed by atoms with Crippen LogP contribution in [0.1, 0.15) is 29.5 Å². The highest BCUT2D eigenvalue weighted by atomic mass is 16.4. The number of fused-ring (bicyclic) bond motifs is 1. The van der Waals surface area contributed by atoms with E-state index < -0.39 is 47.9 Å². The second kappa shape index (κ2) is 17.3. The zero-order chi connectivity index (χ0) is 35.3. The van der Waals surface area contributed by atoms with Crippen molar-refractivity contribution in [3.63, 3.8) is 0 Å². The molecule has 12 N–H and O–H groups in total. The van der Waals surface area contributed by atoms with Gasteiger partial charge < -0.3 is 48.3 Å². The molecule has 0 saturated carbocycles. The average Bonchev–Trinajstić information content (AvgIpc) is 3.49. The van der Waals surface area contributed by atoms with Crippen LogP contribution in [0, 0.1) is 0 Å². The van der Waals surface area contributed by atoms with Gasteiger partial charge in [0, 0.05) is 42.9 Å². The monoisotopic (exact) mass is 670 g/mol. The molecule has 258 valence electrons. The topological polar surface area (TPSA) is 251 Å². The summed E-state index contributed by atoms with van der Waals surface area (Å²) in [6.07, 6.45) is 2.42. The van der Waals surface area contributed by atoms with Gasteiger partial charge in [-0.15, -0.1) is 0 Å². The summed E-state index contributed by atoms with van der Waals surface area (Å²) < 4.78 is 0. The minimum absolute atomic E-state index is 0.0127. The van der Waals surface area contributed by atoms with Gasteiger partial charge in [0.05, 0.1) is 6.04 Å². The van der Waals surface area contributed by atoms with Crippen molar-refractivity contribution in [1.82, 2.24) is 20.9 Å². The van der Waals surface area contributed by atoms with E-state index in [4.69, 9.17) is 17.2 Å². The lowest BCUT2D eigenvalue weighted by Gasteiger charge is -2.25. The summed E-state index contributed by atoms with van der Waals surface area (Å²) in [6, 6.07) is 17.8. The lowest BCUT2D eigenvalue weighted by molar-refractivity contribution is -0.142. The molecule has 49 heavy (non-hydrogen) atoms. The second-order valence-corrected chi connectivity index (χ2v) is 11.7. The minimum atomic E-state index is -1.32. The number of aromatic hydroxyl groups is 1. The summed E-state index contributed by atoms with van der Waals surface area (Å²) in [5, 5.41) is 28.7. The Bertz CT molecular complexity index is 1750. The van der Waals surface area contributed by atoms with Gasteiger partial charge in [0.15, 0.2) is 5.96 Å². The van der Waals surface area contributed by atoms with Crippen LogP contribution >= 0.6 is 0 Å². The van der Waals surface area contributed by atoms with Gasteiger partial charge in [-0.3, -0.25) is 19.4 Å². The molecule has 0 radical (unpaired) electrons. The average molecular weight is 671 g/mol. The maximum atomic E-state index is 13.9. The molecular weight excluding hydrogens is 628 g/mol. The van der Waals surface area contributed by atoms with E-state index in [1.165, 1.54) is 12.1 Å².